The van der Waals surface area contributed by atoms with Crippen LogP contribution in [0.4, 0.5) is 4.39 Å². The Bertz CT molecular complexity index is 1160. The van der Waals surface area contributed by atoms with Crippen LogP contribution in [0.5, 0.6) is 11.5 Å². The Morgan fingerprint density at radius 3 is 2.56 bits per heavy atom. The molecule has 0 saturated carbocycles. The molecule has 0 N–H and O–H groups in total. The minimum atomic E-state index is -0.384. The van der Waals surface area contributed by atoms with Crippen LogP contribution in [0.2, 0.25) is 0 Å². The lowest BCUT2D eigenvalue weighted by Gasteiger charge is -2.17. The maximum absolute atomic E-state index is 13.6. The molecule has 0 bridgehead atoms. The van der Waals surface area contributed by atoms with Crippen molar-refractivity contribution in [1.29, 1.82) is 5.26 Å². The molecular formula is C27H23FINO2. The van der Waals surface area contributed by atoms with Gasteiger partial charge in [-0.05, 0) is 95.1 Å². The first-order chi connectivity index (χ1) is 15.5. The number of nitriles is 1. The standard InChI is InChI=1S/C27H23FINO2/c1-3-6-22-13-20(14-23(17-30)21-7-5-8-24(28)16-21)15-26(31-4-2)27(22)32-18-19-9-11-25(29)12-10-19/h3,5,7-16H,1,4,6,18H2,2H3/b23-14-. The molecule has 0 aliphatic rings. The fraction of sp³-hybridized carbons (Fsp3) is 0.148. The van der Waals surface area contributed by atoms with Crippen LogP contribution in [-0.2, 0) is 13.0 Å². The predicted octanol–water partition coefficient (Wildman–Crippen LogP) is 7.20. The van der Waals surface area contributed by atoms with E-state index in [1.165, 1.54) is 12.1 Å². The molecule has 0 fully saturated rings. The summed E-state index contributed by atoms with van der Waals surface area (Å²) in [6, 6.07) is 20.1. The summed E-state index contributed by atoms with van der Waals surface area (Å²) < 4.78 is 26.9. The highest BCUT2D eigenvalue weighted by atomic mass is 127. The van der Waals surface area contributed by atoms with Gasteiger partial charge in [-0.1, -0.05) is 30.3 Å². The lowest BCUT2D eigenvalue weighted by molar-refractivity contribution is 0.267. The number of hydrogen-bond acceptors (Lipinski definition) is 3. The van der Waals surface area contributed by atoms with Gasteiger partial charge >= 0.3 is 0 Å². The number of allylic oxidation sites excluding steroid dienone is 2. The van der Waals surface area contributed by atoms with Gasteiger partial charge in [-0.15, -0.1) is 6.58 Å². The third-order valence-electron chi connectivity index (χ3n) is 4.68. The summed E-state index contributed by atoms with van der Waals surface area (Å²) in [6.07, 6.45) is 4.10. The molecule has 5 heteroatoms. The van der Waals surface area contributed by atoms with Gasteiger partial charge in [-0.2, -0.15) is 5.26 Å². The van der Waals surface area contributed by atoms with Crippen LogP contribution in [0.25, 0.3) is 11.6 Å². The highest BCUT2D eigenvalue weighted by molar-refractivity contribution is 14.1. The molecule has 162 valence electrons. The Labute approximate surface area is 201 Å². The molecule has 3 aromatic carbocycles. The van der Waals surface area contributed by atoms with Gasteiger partial charge in [0.1, 0.15) is 12.4 Å². The average molecular weight is 539 g/mol. The molecule has 0 aliphatic heterocycles. The number of hydrogen-bond donors (Lipinski definition) is 0. The fourth-order valence-electron chi connectivity index (χ4n) is 3.24. The van der Waals surface area contributed by atoms with Gasteiger partial charge in [0.05, 0.1) is 18.2 Å². The minimum absolute atomic E-state index is 0.365. The monoisotopic (exact) mass is 539 g/mol. The number of ether oxygens (including phenoxy) is 2. The van der Waals surface area contributed by atoms with E-state index in [0.29, 0.717) is 42.3 Å². The van der Waals surface area contributed by atoms with Crippen molar-refractivity contribution in [2.24, 2.45) is 0 Å². The molecule has 0 amide bonds. The minimum Gasteiger partial charge on any atom is -0.490 e. The summed E-state index contributed by atoms with van der Waals surface area (Å²) >= 11 is 2.27. The Balaban J connectivity index is 2.00. The first-order valence-electron chi connectivity index (χ1n) is 10.2. The Morgan fingerprint density at radius 1 is 1.12 bits per heavy atom. The van der Waals surface area contributed by atoms with Crippen LogP contribution in [0.3, 0.4) is 0 Å². The van der Waals surface area contributed by atoms with Crippen molar-refractivity contribution >= 4 is 34.2 Å². The van der Waals surface area contributed by atoms with E-state index in [1.54, 1.807) is 24.3 Å². The maximum atomic E-state index is 13.6. The normalized spacial score (nSPS) is 11.0. The molecule has 0 heterocycles. The molecule has 3 aromatic rings. The van der Waals surface area contributed by atoms with E-state index in [2.05, 4.69) is 35.2 Å². The van der Waals surface area contributed by atoms with Crippen molar-refractivity contribution in [1.82, 2.24) is 0 Å². The van der Waals surface area contributed by atoms with Gasteiger partial charge in [0.25, 0.3) is 0 Å². The summed E-state index contributed by atoms with van der Waals surface area (Å²) in [7, 11) is 0. The number of rotatable bonds is 9. The third-order valence-corrected chi connectivity index (χ3v) is 5.40. The fourth-order valence-corrected chi connectivity index (χ4v) is 3.60. The molecule has 32 heavy (non-hydrogen) atoms. The summed E-state index contributed by atoms with van der Waals surface area (Å²) in [6.45, 7) is 6.64. The van der Waals surface area contributed by atoms with E-state index in [-0.39, 0.29) is 5.82 Å². The maximum Gasteiger partial charge on any atom is 0.165 e. The summed E-state index contributed by atoms with van der Waals surface area (Å²) in [4.78, 5) is 0. The van der Waals surface area contributed by atoms with Gasteiger partial charge in [-0.3, -0.25) is 0 Å². The molecule has 3 nitrogen and oxygen atoms in total. The summed E-state index contributed by atoms with van der Waals surface area (Å²) in [5, 5.41) is 9.65. The second kappa shape index (κ2) is 11.5. The molecule has 3 rings (SSSR count). The van der Waals surface area contributed by atoms with Gasteiger partial charge in [0.15, 0.2) is 11.5 Å². The Morgan fingerprint density at radius 2 is 1.91 bits per heavy atom. The van der Waals surface area contributed by atoms with Gasteiger partial charge in [0, 0.05) is 9.13 Å². The average Bonchev–Trinajstić information content (AvgIpc) is 2.78. The van der Waals surface area contributed by atoms with E-state index in [4.69, 9.17) is 9.47 Å². The van der Waals surface area contributed by atoms with Crippen LogP contribution in [-0.4, -0.2) is 6.61 Å². The van der Waals surface area contributed by atoms with E-state index < -0.39 is 0 Å². The molecule has 0 aliphatic carbocycles. The highest BCUT2D eigenvalue weighted by Crippen LogP contribution is 2.36. The van der Waals surface area contributed by atoms with Crippen molar-refractivity contribution in [3.05, 3.63) is 105 Å². The molecular weight excluding hydrogens is 516 g/mol. The van der Waals surface area contributed by atoms with Gasteiger partial charge < -0.3 is 9.47 Å². The van der Waals surface area contributed by atoms with E-state index in [1.807, 2.05) is 43.3 Å². The van der Waals surface area contributed by atoms with Crippen molar-refractivity contribution in [2.75, 3.05) is 6.61 Å². The quantitative estimate of drug-likeness (QED) is 0.125. The van der Waals surface area contributed by atoms with Crippen molar-refractivity contribution < 1.29 is 13.9 Å². The van der Waals surface area contributed by atoms with Crippen LogP contribution in [0.1, 0.15) is 29.2 Å². The van der Waals surface area contributed by atoms with Crippen molar-refractivity contribution in [3.8, 4) is 17.6 Å². The number of halogens is 2. The molecule has 0 radical (unpaired) electrons. The largest absolute Gasteiger partial charge is 0.490 e. The van der Waals surface area contributed by atoms with Crippen molar-refractivity contribution in [2.45, 2.75) is 20.0 Å². The zero-order valence-corrected chi connectivity index (χ0v) is 19.9. The van der Waals surface area contributed by atoms with E-state index in [0.717, 1.165) is 20.3 Å². The van der Waals surface area contributed by atoms with Gasteiger partial charge in [0.2, 0.25) is 0 Å². The lowest BCUT2D eigenvalue weighted by atomic mass is 10.0. The van der Waals surface area contributed by atoms with Crippen LogP contribution < -0.4 is 9.47 Å². The number of nitrogens with zero attached hydrogens (tertiary/aromatic N) is 1. The third kappa shape index (κ3) is 6.21. The SMILES string of the molecule is C=CCc1cc(/C=C(/C#N)c2cccc(F)c2)cc(OCC)c1OCc1ccc(I)cc1. The first-order valence-corrected chi connectivity index (χ1v) is 11.3. The zero-order chi connectivity index (χ0) is 22.9. The predicted molar refractivity (Wildman–Crippen MR) is 135 cm³/mol. The van der Waals surface area contributed by atoms with Crippen LogP contribution >= 0.6 is 22.6 Å². The smallest absolute Gasteiger partial charge is 0.165 e. The topological polar surface area (TPSA) is 42.2 Å². The zero-order valence-electron chi connectivity index (χ0n) is 17.8. The van der Waals surface area contributed by atoms with Crippen LogP contribution in [0.15, 0.2) is 73.3 Å². The molecule has 0 atom stereocenters. The van der Waals surface area contributed by atoms with Crippen LogP contribution in [0, 0.1) is 20.7 Å². The second-order valence-corrected chi connectivity index (χ2v) is 8.27. The molecule has 0 unspecified atom stereocenters. The number of benzene rings is 3. The highest BCUT2D eigenvalue weighted by Gasteiger charge is 2.14. The molecule has 0 spiro atoms. The lowest BCUT2D eigenvalue weighted by Crippen LogP contribution is -2.03. The van der Waals surface area contributed by atoms with Crippen molar-refractivity contribution in [3.63, 3.8) is 0 Å². The molecule has 0 aromatic heterocycles. The second-order valence-electron chi connectivity index (χ2n) is 7.03. The molecule has 0 saturated heterocycles. The van der Waals surface area contributed by atoms with E-state index >= 15 is 0 Å². The first kappa shape index (κ1) is 23.6. The summed E-state index contributed by atoms with van der Waals surface area (Å²) in [5.41, 5.74) is 3.62. The summed E-state index contributed by atoms with van der Waals surface area (Å²) in [5.74, 6) is 0.872. The Hall–Kier alpha value is -3.11. The van der Waals surface area contributed by atoms with E-state index in [9.17, 15) is 9.65 Å². The van der Waals surface area contributed by atoms with Gasteiger partial charge in [-0.25, -0.2) is 4.39 Å². The Kier molecular flexibility index (Phi) is 8.46.